The molecule has 9 nitrogen and oxygen atoms in total. The molecular weight excluding hydrogens is 328 g/mol. The minimum atomic E-state index is -1.35. The molecule has 1 amide bonds. The van der Waals surface area contributed by atoms with Crippen molar-refractivity contribution in [1.29, 1.82) is 0 Å². The van der Waals surface area contributed by atoms with E-state index in [1.54, 1.807) is 0 Å². The second-order valence-corrected chi connectivity index (χ2v) is 5.00. The number of pyridine rings is 1. The number of carboxylic acid groups (broad SMARTS) is 1. The van der Waals surface area contributed by atoms with Crippen molar-refractivity contribution in [3.8, 4) is 0 Å². The Morgan fingerprint density at radius 2 is 2.00 bits per heavy atom. The zero-order chi connectivity index (χ0) is 17.8. The Hall–Kier alpha value is -3.75. The fourth-order valence-corrected chi connectivity index (χ4v) is 2.06. The summed E-state index contributed by atoms with van der Waals surface area (Å²) in [5.41, 5.74) is -0.290. The molecule has 126 valence electrons. The molecule has 9 heteroatoms. The van der Waals surface area contributed by atoms with E-state index in [2.05, 4.69) is 20.3 Å². The van der Waals surface area contributed by atoms with Crippen molar-refractivity contribution in [1.82, 2.24) is 15.0 Å². The Morgan fingerprint density at radius 1 is 1.24 bits per heavy atom. The molecular formula is C16H12N4O5. The van der Waals surface area contributed by atoms with Crippen molar-refractivity contribution in [2.75, 3.05) is 5.32 Å². The minimum Gasteiger partial charge on any atom is -0.477 e. The number of rotatable bonds is 4. The largest absolute Gasteiger partial charge is 0.477 e. The monoisotopic (exact) mass is 340 g/mol. The van der Waals surface area contributed by atoms with Gasteiger partial charge in [-0.2, -0.15) is 4.98 Å². The van der Waals surface area contributed by atoms with E-state index >= 15 is 0 Å². The van der Waals surface area contributed by atoms with Gasteiger partial charge in [-0.3, -0.25) is 10.1 Å². The first-order chi connectivity index (χ1) is 12.0. The third-order valence-electron chi connectivity index (χ3n) is 3.25. The molecule has 0 spiro atoms. The number of hydrogen-bond acceptors (Lipinski definition) is 6. The average molecular weight is 340 g/mol. The number of anilines is 1. The number of aromatic carboxylic acids is 1. The molecule has 0 aliphatic heterocycles. The molecule has 3 rings (SSSR count). The summed E-state index contributed by atoms with van der Waals surface area (Å²) in [6.45, 7) is 0.0824. The standard InChI is InChI=1S/C16H12N4O5/c21-13-11(14(22)23)6-10-7-17-15(19-12(10)18-13)20-16(24)25-8-9-4-2-1-3-5-9/h1-7H,8H2,(H,22,23)(H2,17,18,19,20,21,24). The minimum absolute atomic E-state index is 0.0794. The summed E-state index contributed by atoms with van der Waals surface area (Å²) in [5.74, 6) is -1.43. The maximum atomic E-state index is 11.8. The molecule has 3 aromatic rings. The van der Waals surface area contributed by atoms with Crippen LogP contribution < -0.4 is 10.9 Å². The highest BCUT2D eigenvalue weighted by Crippen LogP contribution is 2.10. The molecule has 1 aromatic carbocycles. The molecule has 0 aliphatic rings. The van der Waals surface area contributed by atoms with Crippen LogP contribution in [0, 0.1) is 0 Å². The number of carbonyl (C=O) groups excluding carboxylic acids is 1. The van der Waals surface area contributed by atoms with Gasteiger partial charge in [-0.05, 0) is 11.6 Å². The molecule has 25 heavy (non-hydrogen) atoms. The Kier molecular flexibility index (Phi) is 4.38. The number of aromatic amines is 1. The van der Waals surface area contributed by atoms with Crippen molar-refractivity contribution >= 4 is 29.0 Å². The average Bonchev–Trinajstić information content (AvgIpc) is 2.60. The van der Waals surface area contributed by atoms with Crippen molar-refractivity contribution < 1.29 is 19.4 Å². The highest BCUT2D eigenvalue weighted by atomic mass is 16.5. The summed E-state index contributed by atoms with van der Waals surface area (Å²) in [7, 11) is 0. The van der Waals surface area contributed by atoms with Gasteiger partial charge in [0, 0.05) is 11.6 Å². The second kappa shape index (κ2) is 6.79. The smallest absolute Gasteiger partial charge is 0.414 e. The molecule has 0 radical (unpaired) electrons. The highest BCUT2D eigenvalue weighted by molar-refractivity contribution is 5.91. The van der Waals surface area contributed by atoms with Crippen molar-refractivity contribution in [2.24, 2.45) is 0 Å². The predicted octanol–water partition coefficient (Wildman–Crippen LogP) is 1.76. The summed E-state index contributed by atoms with van der Waals surface area (Å²) in [6, 6.07) is 10.3. The van der Waals surface area contributed by atoms with Crippen LogP contribution in [0.2, 0.25) is 0 Å². The molecule has 2 heterocycles. The molecule has 0 bridgehead atoms. The van der Waals surface area contributed by atoms with Crippen LogP contribution in [0.15, 0.2) is 47.4 Å². The van der Waals surface area contributed by atoms with E-state index in [0.717, 1.165) is 11.6 Å². The maximum Gasteiger partial charge on any atom is 0.414 e. The molecule has 0 atom stereocenters. The fraction of sp³-hybridized carbons (Fsp3) is 0.0625. The van der Waals surface area contributed by atoms with Crippen LogP contribution in [-0.2, 0) is 11.3 Å². The normalized spacial score (nSPS) is 10.4. The van der Waals surface area contributed by atoms with Crippen LogP contribution in [0.3, 0.4) is 0 Å². The van der Waals surface area contributed by atoms with Crippen LogP contribution in [-0.4, -0.2) is 32.1 Å². The van der Waals surface area contributed by atoms with Crippen LogP contribution in [0.25, 0.3) is 11.0 Å². The van der Waals surface area contributed by atoms with Gasteiger partial charge in [0.15, 0.2) is 0 Å². The lowest BCUT2D eigenvalue weighted by atomic mass is 10.2. The number of nitrogens with zero attached hydrogens (tertiary/aromatic N) is 2. The molecule has 0 saturated heterocycles. The van der Waals surface area contributed by atoms with E-state index in [9.17, 15) is 14.4 Å². The van der Waals surface area contributed by atoms with Gasteiger partial charge in [0.25, 0.3) is 5.56 Å². The fourth-order valence-electron chi connectivity index (χ4n) is 2.06. The Balaban J connectivity index is 1.73. The number of carbonyl (C=O) groups is 2. The van der Waals surface area contributed by atoms with Gasteiger partial charge >= 0.3 is 12.1 Å². The third-order valence-corrected chi connectivity index (χ3v) is 3.25. The Labute approximate surface area is 140 Å². The van der Waals surface area contributed by atoms with E-state index in [1.165, 1.54) is 6.20 Å². The van der Waals surface area contributed by atoms with Gasteiger partial charge in [0.1, 0.15) is 17.8 Å². The second-order valence-electron chi connectivity index (χ2n) is 5.00. The first-order valence-electron chi connectivity index (χ1n) is 7.14. The lowest BCUT2D eigenvalue weighted by Gasteiger charge is -2.06. The van der Waals surface area contributed by atoms with Crippen molar-refractivity contribution in [2.45, 2.75) is 6.61 Å². The zero-order valence-electron chi connectivity index (χ0n) is 12.7. The summed E-state index contributed by atoms with van der Waals surface area (Å²) in [5, 5.41) is 11.6. The van der Waals surface area contributed by atoms with Crippen LogP contribution >= 0.6 is 0 Å². The number of fused-ring (bicyclic) bond motifs is 1. The number of ether oxygens (including phenoxy) is 1. The van der Waals surface area contributed by atoms with E-state index in [0.29, 0.717) is 5.39 Å². The third kappa shape index (κ3) is 3.78. The number of aromatic nitrogens is 3. The van der Waals surface area contributed by atoms with Crippen molar-refractivity contribution in [3.63, 3.8) is 0 Å². The van der Waals surface area contributed by atoms with Gasteiger partial charge < -0.3 is 14.8 Å². The Morgan fingerprint density at radius 3 is 2.72 bits per heavy atom. The van der Waals surface area contributed by atoms with E-state index in [-0.39, 0.29) is 18.2 Å². The Bertz CT molecular complexity index is 1000. The lowest BCUT2D eigenvalue weighted by molar-refractivity contribution is 0.0695. The van der Waals surface area contributed by atoms with Gasteiger partial charge in [-0.15, -0.1) is 0 Å². The lowest BCUT2D eigenvalue weighted by Crippen LogP contribution is -2.19. The predicted molar refractivity (Wildman–Crippen MR) is 87.4 cm³/mol. The first-order valence-corrected chi connectivity index (χ1v) is 7.14. The van der Waals surface area contributed by atoms with E-state index < -0.39 is 23.2 Å². The summed E-state index contributed by atoms with van der Waals surface area (Å²) >= 11 is 0. The molecule has 0 fully saturated rings. The number of benzene rings is 1. The first kappa shape index (κ1) is 16.1. The summed E-state index contributed by atoms with van der Waals surface area (Å²) in [6.07, 6.45) is 0.532. The van der Waals surface area contributed by atoms with Gasteiger partial charge in [0.2, 0.25) is 5.95 Å². The molecule has 0 saturated carbocycles. The number of amides is 1. The van der Waals surface area contributed by atoms with Crippen molar-refractivity contribution in [3.05, 3.63) is 64.1 Å². The van der Waals surface area contributed by atoms with Crippen LogP contribution in [0.1, 0.15) is 15.9 Å². The number of hydrogen-bond donors (Lipinski definition) is 3. The van der Waals surface area contributed by atoms with E-state index in [4.69, 9.17) is 9.84 Å². The number of nitrogens with one attached hydrogen (secondary N) is 2. The van der Waals surface area contributed by atoms with Crippen LogP contribution in [0.4, 0.5) is 10.7 Å². The van der Waals surface area contributed by atoms with Gasteiger partial charge in [-0.25, -0.2) is 14.6 Å². The molecule has 0 unspecified atom stereocenters. The molecule has 2 aromatic heterocycles. The number of carboxylic acids is 1. The molecule has 3 N–H and O–H groups in total. The molecule has 0 aliphatic carbocycles. The quantitative estimate of drug-likeness (QED) is 0.658. The zero-order valence-corrected chi connectivity index (χ0v) is 12.7. The van der Waals surface area contributed by atoms with Gasteiger partial charge in [0.05, 0.1) is 0 Å². The van der Waals surface area contributed by atoms with Gasteiger partial charge in [-0.1, -0.05) is 30.3 Å². The topological polar surface area (TPSA) is 134 Å². The summed E-state index contributed by atoms with van der Waals surface area (Å²) in [4.78, 5) is 44.5. The number of H-pyrrole nitrogens is 1. The highest BCUT2D eigenvalue weighted by Gasteiger charge is 2.12. The van der Waals surface area contributed by atoms with E-state index in [1.807, 2.05) is 30.3 Å². The van der Waals surface area contributed by atoms with Crippen LogP contribution in [0.5, 0.6) is 0 Å². The summed E-state index contributed by atoms with van der Waals surface area (Å²) < 4.78 is 5.04. The SMILES string of the molecule is O=C(Nc1ncc2cc(C(=O)O)c(=O)[nH]c2n1)OCc1ccccc1. The maximum absolute atomic E-state index is 11.8.